The number of ether oxygens (including phenoxy) is 1. The zero-order valence-corrected chi connectivity index (χ0v) is 21.4. The average molecular weight is 521 g/mol. The first-order valence-electron chi connectivity index (χ1n) is 12.8. The summed E-state index contributed by atoms with van der Waals surface area (Å²) < 4.78 is 6.83. The van der Waals surface area contributed by atoms with Gasteiger partial charge in [0.2, 0.25) is 5.91 Å². The third-order valence-corrected chi connectivity index (χ3v) is 8.29. The highest BCUT2D eigenvalue weighted by atomic mass is 79.9. The molecule has 3 fully saturated rings. The van der Waals surface area contributed by atoms with Crippen molar-refractivity contribution >= 4 is 27.9 Å². The van der Waals surface area contributed by atoms with Crippen LogP contribution in [0.5, 0.6) is 5.75 Å². The first-order valence-corrected chi connectivity index (χ1v) is 13.6. The quantitative estimate of drug-likeness (QED) is 0.516. The van der Waals surface area contributed by atoms with Crippen LogP contribution in [0.4, 0.5) is 4.79 Å². The van der Waals surface area contributed by atoms with Crippen molar-refractivity contribution in [2.45, 2.75) is 83.2 Å². The van der Waals surface area contributed by atoms with E-state index in [-0.39, 0.29) is 24.0 Å². The Bertz CT molecular complexity index is 801. The predicted octanol–water partition coefficient (Wildman–Crippen LogP) is 5.14. The smallest absolute Gasteiger partial charge is 0.324 e. The van der Waals surface area contributed by atoms with E-state index < -0.39 is 0 Å². The molecule has 33 heavy (non-hydrogen) atoms. The summed E-state index contributed by atoms with van der Waals surface area (Å²) in [6.45, 7) is 5.80. The molecular weight excluding hydrogens is 482 g/mol. The number of halogens is 1. The lowest BCUT2D eigenvalue weighted by Gasteiger charge is -2.39. The molecule has 1 unspecified atom stereocenters. The number of hydrogen-bond acceptors (Lipinski definition) is 4. The Balaban J connectivity index is 1.20. The summed E-state index contributed by atoms with van der Waals surface area (Å²) in [4.78, 5) is 29.4. The summed E-state index contributed by atoms with van der Waals surface area (Å²) in [6, 6.07) is 6.19. The van der Waals surface area contributed by atoms with Crippen molar-refractivity contribution in [1.82, 2.24) is 15.1 Å². The molecule has 7 heteroatoms. The lowest BCUT2D eigenvalue weighted by molar-refractivity contribution is -0.132. The van der Waals surface area contributed by atoms with E-state index in [0.717, 1.165) is 68.4 Å². The first-order chi connectivity index (χ1) is 16.0. The van der Waals surface area contributed by atoms with Gasteiger partial charge >= 0.3 is 6.03 Å². The lowest BCUT2D eigenvalue weighted by atomic mass is 9.90. The second-order valence-electron chi connectivity index (χ2n) is 9.87. The number of carbonyl (C=O) groups excluding carboxylic acids is 2. The molecule has 0 aromatic heterocycles. The minimum atomic E-state index is -0.165. The zero-order valence-electron chi connectivity index (χ0n) is 19.9. The molecular formula is C26H38BrN3O3. The van der Waals surface area contributed by atoms with Gasteiger partial charge in [0.15, 0.2) is 0 Å². The normalized spacial score (nSPS) is 23.6. The van der Waals surface area contributed by atoms with Gasteiger partial charge in [-0.2, -0.15) is 0 Å². The van der Waals surface area contributed by atoms with E-state index >= 15 is 0 Å². The molecule has 3 aliphatic rings. The maximum Gasteiger partial charge on any atom is 0.324 e. The van der Waals surface area contributed by atoms with Gasteiger partial charge in [-0.25, -0.2) is 4.79 Å². The topological polar surface area (TPSA) is 61.9 Å². The number of urea groups is 1. The van der Waals surface area contributed by atoms with Crippen molar-refractivity contribution in [1.29, 1.82) is 0 Å². The Morgan fingerprint density at radius 3 is 2.55 bits per heavy atom. The Morgan fingerprint density at radius 1 is 1.09 bits per heavy atom. The van der Waals surface area contributed by atoms with Gasteiger partial charge in [0.05, 0.1) is 6.61 Å². The highest BCUT2D eigenvalue weighted by molar-refractivity contribution is 9.10. The molecule has 182 valence electrons. The summed E-state index contributed by atoms with van der Waals surface area (Å²) >= 11 is 3.70. The van der Waals surface area contributed by atoms with Gasteiger partial charge in [-0.3, -0.25) is 9.69 Å². The van der Waals surface area contributed by atoms with Gasteiger partial charge in [0, 0.05) is 29.5 Å². The predicted molar refractivity (Wildman–Crippen MR) is 133 cm³/mol. The number of benzene rings is 1. The van der Waals surface area contributed by atoms with Crippen molar-refractivity contribution in [2.75, 3.05) is 26.2 Å². The SMILES string of the molecule is CCOc1ccc(Br)c(CC2CCN(CCC3CC(=O)N(C4CCCCC4)C(=O)N3)CC2)c1. The van der Waals surface area contributed by atoms with Gasteiger partial charge in [0.25, 0.3) is 0 Å². The number of nitrogens with one attached hydrogen (secondary N) is 1. The van der Waals surface area contributed by atoms with E-state index in [1.165, 1.54) is 29.7 Å². The molecule has 0 bridgehead atoms. The van der Waals surface area contributed by atoms with Crippen LogP contribution in [0.3, 0.4) is 0 Å². The second-order valence-corrected chi connectivity index (χ2v) is 10.7. The molecule has 1 saturated carbocycles. The Hall–Kier alpha value is -1.60. The van der Waals surface area contributed by atoms with E-state index in [4.69, 9.17) is 4.74 Å². The minimum Gasteiger partial charge on any atom is -0.494 e. The van der Waals surface area contributed by atoms with Crippen molar-refractivity contribution in [2.24, 2.45) is 5.92 Å². The standard InChI is InChI=1S/C26H38BrN3O3/c1-2-33-23-8-9-24(27)20(17-23)16-19-10-13-29(14-11-19)15-12-21-18-25(31)30(26(32)28-21)22-6-4-3-5-7-22/h8-9,17,19,21-22H,2-7,10-16,18H2,1H3,(H,28,32). The van der Waals surface area contributed by atoms with E-state index in [0.29, 0.717) is 18.9 Å². The number of amides is 3. The Labute approximate surface area is 206 Å². The summed E-state index contributed by atoms with van der Waals surface area (Å²) in [5, 5.41) is 3.12. The van der Waals surface area contributed by atoms with Gasteiger partial charge in [-0.15, -0.1) is 0 Å². The highest BCUT2D eigenvalue weighted by Gasteiger charge is 2.37. The molecule has 3 amide bonds. The largest absolute Gasteiger partial charge is 0.494 e. The third-order valence-electron chi connectivity index (χ3n) is 7.51. The van der Waals surface area contributed by atoms with Crippen LogP contribution < -0.4 is 10.1 Å². The lowest BCUT2D eigenvalue weighted by Crippen LogP contribution is -2.58. The van der Waals surface area contributed by atoms with Gasteiger partial charge in [0.1, 0.15) is 5.75 Å². The monoisotopic (exact) mass is 519 g/mol. The van der Waals surface area contributed by atoms with E-state index in [2.05, 4.69) is 38.3 Å². The summed E-state index contributed by atoms with van der Waals surface area (Å²) in [6.07, 6.45) is 10.1. The highest BCUT2D eigenvalue weighted by Crippen LogP contribution is 2.29. The van der Waals surface area contributed by atoms with Gasteiger partial charge < -0.3 is 15.0 Å². The van der Waals surface area contributed by atoms with Crippen LogP contribution in [0.1, 0.15) is 70.3 Å². The Morgan fingerprint density at radius 2 is 1.85 bits per heavy atom. The Kier molecular flexibility index (Phi) is 8.69. The van der Waals surface area contributed by atoms with E-state index in [1.807, 2.05) is 13.0 Å². The van der Waals surface area contributed by atoms with Crippen molar-refractivity contribution in [3.63, 3.8) is 0 Å². The van der Waals surface area contributed by atoms with Crippen LogP contribution in [0.25, 0.3) is 0 Å². The molecule has 4 rings (SSSR count). The number of rotatable bonds is 8. The third kappa shape index (κ3) is 6.50. The van der Waals surface area contributed by atoms with Crippen LogP contribution in [-0.2, 0) is 11.2 Å². The number of imide groups is 1. The molecule has 1 atom stereocenters. The number of carbonyl (C=O) groups is 2. The number of likely N-dealkylation sites (tertiary alicyclic amines) is 1. The maximum absolute atomic E-state index is 12.7. The van der Waals surface area contributed by atoms with Crippen LogP contribution in [0.15, 0.2) is 22.7 Å². The summed E-state index contributed by atoms with van der Waals surface area (Å²) in [7, 11) is 0. The molecule has 2 heterocycles. The van der Waals surface area contributed by atoms with Gasteiger partial charge in [-0.05, 0) is 88.2 Å². The molecule has 0 radical (unpaired) electrons. The molecule has 1 aliphatic carbocycles. The van der Waals surface area contributed by atoms with Crippen LogP contribution in [-0.4, -0.2) is 60.1 Å². The number of piperidine rings is 1. The zero-order chi connectivity index (χ0) is 23.2. The number of nitrogens with zero attached hydrogens (tertiary/aromatic N) is 2. The average Bonchev–Trinajstić information content (AvgIpc) is 2.81. The van der Waals surface area contributed by atoms with Crippen molar-refractivity contribution in [3.05, 3.63) is 28.2 Å². The maximum atomic E-state index is 12.7. The second kappa shape index (κ2) is 11.7. The summed E-state index contributed by atoms with van der Waals surface area (Å²) in [5.41, 5.74) is 1.32. The van der Waals surface area contributed by atoms with Gasteiger partial charge in [-0.1, -0.05) is 35.2 Å². The van der Waals surface area contributed by atoms with Crippen molar-refractivity contribution < 1.29 is 14.3 Å². The van der Waals surface area contributed by atoms with E-state index in [9.17, 15) is 9.59 Å². The molecule has 2 saturated heterocycles. The minimum absolute atomic E-state index is 0.0224. The molecule has 1 aromatic rings. The molecule has 1 N–H and O–H groups in total. The fourth-order valence-electron chi connectivity index (χ4n) is 5.63. The fourth-order valence-corrected chi connectivity index (χ4v) is 6.04. The number of hydrogen-bond donors (Lipinski definition) is 1. The van der Waals surface area contributed by atoms with Crippen LogP contribution >= 0.6 is 15.9 Å². The van der Waals surface area contributed by atoms with E-state index in [1.54, 1.807) is 0 Å². The molecule has 2 aliphatic heterocycles. The van der Waals surface area contributed by atoms with Crippen LogP contribution in [0, 0.1) is 5.92 Å². The summed E-state index contributed by atoms with van der Waals surface area (Å²) in [5.74, 6) is 1.64. The molecule has 0 spiro atoms. The van der Waals surface area contributed by atoms with Crippen LogP contribution in [0.2, 0.25) is 0 Å². The molecule has 6 nitrogen and oxygen atoms in total. The fraction of sp³-hybridized carbons (Fsp3) is 0.692. The first kappa shape index (κ1) is 24.5. The van der Waals surface area contributed by atoms with Crippen molar-refractivity contribution in [3.8, 4) is 5.75 Å². The molecule has 1 aromatic carbocycles.